The van der Waals surface area contributed by atoms with E-state index in [1.54, 1.807) is 0 Å². The second-order valence-corrected chi connectivity index (χ2v) is 7.24. The van der Waals surface area contributed by atoms with Gasteiger partial charge >= 0.3 is 5.97 Å². The van der Waals surface area contributed by atoms with Crippen molar-refractivity contribution >= 4 is 5.97 Å². The Hall–Kier alpha value is -0.570. The van der Waals surface area contributed by atoms with Crippen LogP contribution in [0.3, 0.4) is 0 Å². The first-order valence-corrected chi connectivity index (χ1v) is 10.1. The summed E-state index contributed by atoms with van der Waals surface area (Å²) < 4.78 is 5.26. The monoisotopic (exact) mass is 326 g/mol. The number of carbonyl (C=O) groups is 1. The predicted octanol–water partition coefficient (Wildman–Crippen LogP) is 5.53. The Bertz CT molecular complexity index is 291. The molecular formula is C20H38O3. The Balaban J connectivity index is 1.79. The van der Waals surface area contributed by atoms with Crippen LogP contribution in [0.5, 0.6) is 0 Å². The third kappa shape index (κ3) is 11.6. The van der Waals surface area contributed by atoms with E-state index in [2.05, 4.69) is 6.92 Å². The van der Waals surface area contributed by atoms with Gasteiger partial charge in [-0.15, -0.1) is 0 Å². The van der Waals surface area contributed by atoms with Gasteiger partial charge in [0.05, 0.1) is 12.5 Å². The molecule has 23 heavy (non-hydrogen) atoms. The van der Waals surface area contributed by atoms with Crippen molar-refractivity contribution in [2.45, 2.75) is 122 Å². The molecule has 0 spiro atoms. The van der Waals surface area contributed by atoms with E-state index < -0.39 is 6.10 Å². The topological polar surface area (TPSA) is 46.5 Å². The molecular weight excluding hydrogens is 288 g/mol. The van der Waals surface area contributed by atoms with Crippen LogP contribution in [0.2, 0.25) is 0 Å². The molecule has 0 aromatic heterocycles. The summed E-state index contributed by atoms with van der Waals surface area (Å²) >= 11 is 0. The van der Waals surface area contributed by atoms with Crippen LogP contribution in [0.25, 0.3) is 0 Å². The average molecular weight is 327 g/mol. The zero-order valence-corrected chi connectivity index (χ0v) is 15.2. The highest BCUT2D eigenvalue weighted by atomic mass is 16.5. The number of esters is 1. The van der Waals surface area contributed by atoms with Crippen LogP contribution >= 0.6 is 0 Å². The van der Waals surface area contributed by atoms with Crippen LogP contribution in [-0.2, 0) is 9.53 Å². The van der Waals surface area contributed by atoms with Gasteiger partial charge in [-0.2, -0.15) is 0 Å². The van der Waals surface area contributed by atoms with Crippen molar-refractivity contribution < 1.29 is 14.6 Å². The Morgan fingerprint density at radius 2 is 1.35 bits per heavy atom. The van der Waals surface area contributed by atoms with Crippen molar-refractivity contribution in [3.05, 3.63) is 0 Å². The normalized spacial score (nSPS) is 21.4. The van der Waals surface area contributed by atoms with Gasteiger partial charge in [-0.3, -0.25) is 4.79 Å². The molecule has 1 saturated heterocycles. The predicted molar refractivity (Wildman–Crippen MR) is 95.4 cm³/mol. The fourth-order valence-electron chi connectivity index (χ4n) is 3.43. The van der Waals surface area contributed by atoms with Gasteiger partial charge in [-0.25, -0.2) is 0 Å². The molecule has 0 radical (unpaired) electrons. The SMILES string of the molecule is CCCCCCCCCCCCCCCC1CC(O)CC(=O)O1. The van der Waals surface area contributed by atoms with Crippen LogP contribution in [0, 0.1) is 0 Å². The molecule has 0 aromatic rings. The average Bonchev–Trinajstić information content (AvgIpc) is 2.51. The van der Waals surface area contributed by atoms with E-state index in [1.807, 2.05) is 0 Å². The third-order valence-electron chi connectivity index (χ3n) is 4.87. The minimum absolute atomic E-state index is 0.0426. The number of hydrogen-bond donors (Lipinski definition) is 1. The lowest BCUT2D eigenvalue weighted by atomic mass is 9.99. The van der Waals surface area contributed by atoms with E-state index in [9.17, 15) is 9.90 Å². The molecule has 0 amide bonds. The van der Waals surface area contributed by atoms with E-state index >= 15 is 0 Å². The molecule has 3 nitrogen and oxygen atoms in total. The molecule has 1 N–H and O–H groups in total. The van der Waals surface area contributed by atoms with Crippen LogP contribution in [0.4, 0.5) is 0 Å². The molecule has 0 saturated carbocycles. The Kier molecular flexibility index (Phi) is 12.3. The molecule has 1 rings (SSSR count). The summed E-state index contributed by atoms with van der Waals surface area (Å²) in [6, 6.07) is 0. The quantitative estimate of drug-likeness (QED) is 0.337. The van der Waals surface area contributed by atoms with Gasteiger partial charge < -0.3 is 9.84 Å². The zero-order chi connectivity index (χ0) is 16.8. The molecule has 3 heteroatoms. The maximum absolute atomic E-state index is 11.2. The number of aliphatic hydroxyl groups is 1. The molecule has 2 atom stereocenters. The van der Waals surface area contributed by atoms with Crippen molar-refractivity contribution in [2.24, 2.45) is 0 Å². The largest absolute Gasteiger partial charge is 0.462 e. The van der Waals surface area contributed by atoms with Gasteiger partial charge in [0.2, 0.25) is 0 Å². The minimum Gasteiger partial charge on any atom is -0.462 e. The first-order chi connectivity index (χ1) is 11.2. The summed E-state index contributed by atoms with van der Waals surface area (Å²) in [6.07, 6.45) is 18.7. The van der Waals surface area contributed by atoms with E-state index in [-0.39, 0.29) is 18.5 Å². The van der Waals surface area contributed by atoms with Crippen molar-refractivity contribution in [3.63, 3.8) is 0 Å². The second kappa shape index (κ2) is 13.8. The lowest BCUT2D eigenvalue weighted by Crippen LogP contribution is -2.32. The minimum atomic E-state index is -0.483. The number of hydrogen-bond acceptors (Lipinski definition) is 3. The Morgan fingerprint density at radius 3 is 1.83 bits per heavy atom. The lowest BCUT2D eigenvalue weighted by molar-refractivity contribution is -0.160. The fraction of sp³-hybridized carbons (Fsp3) is 0.950. The van der Waals surface area contributed by atoms with Gasteiger partial charge in [-0.1, -0.05) is 84.0 Å². The maximum Gasteiger partial charge on any atom is 0.308 e. The summed E-state index contributed by atoms with van der Waals surface area (Å²) in [4.78, 5) is 11.2. The van der Waals surface area contributed by atoms with E-state index in [0.717, 1.165) is 12.8 Å². The number of carbonyl (C=O) groups excluding carboxylic acids is 1. The van der Waals surface area contributed by atoms with Crippen LogP contribution in [0.15, 0.2) is 0 Å². The molecule has 2 unspecified atom stereocenters. The first-order valence-electron chi connectivity index (χ1n) is 10.1. The van der Waals surface area contributed by atoms with Crippen LogP contribution in [0.1, 0.15) is 110 Å². The summed E-state index contributed by atoms with van der Waals surface area (Å²) in [5.41, 5.74) is 0. The van der Waals surface area contributed by atoms with Crippen molar-refractivity contribution in [2.75, 3.05) is 0 Å². The number of cyclic esters (lactones) is 1. The molecule has 0 bridgehead atoms. The summed E-state index contributed by atoms with van der Waals surface area (Å²) in [6.45, 7) is 2.27. The molecule has 1 aliphatic rings. The maximum atomic E-state index is 11.2. The van der Waals surface area contributed by atoms with Crippen molar-refractivity contribution in [1.29, 1.82) is 0 Å². The number of aliphatic hydroxyl groups excluding tert-OH is 1. The highest BCUT2D eigenvalue weighted by Crippen LogP contribution is 2.20. The standard InChI is InChI=1S/C20H38O3/c1-2-3-4-5-6-7-8-9-10-11-12-13-14-15-19-16-18(21)17-20(22)23-19/h18-19,21H,2-17H2,1H3. The van der Waals surface area contributed by atoms with Gasteiger partial charge in [0.25, 0.3) is 0 Å². The second-order valence-electron chi connectivity index (χ2n) is 7.24. The summed E-state index contributed by atoms with van der Waals surface area (Å²) in [5.74, 6) is -0.233. The van der Waals surface area contributed by atoms with Crippen LogP contribution < -0.4 is 0 Å². The summed E-state index contributed by atoms with van der Waals surface area (Å²) in [7, 11) is 0. The van der Waals surface area contributed by atoms with E-state index in [0.29, 0.717) is 6.42 Å². The molecule has 0 aromatic carbocycles. The highest BCUT2D eigenvalue weighted by molar-refractivity contribution is 5.70. The number of rotatable bonds is 14. The number of ether oxygens (including phenoxy) is 1. The van der Waals surface area contributed by atoms with Gasteiger partial charge in [0.15, 0.2) is 0 Å². The number of unbranched alkanes of at least 4 members (excludes halogenated alkanes) is 12. The molecule has 0 aliphatic carbocycles. The molecule has 136 valence electrons. The highest BCUT2D eigenvalue weighted by Gasteiger charge is 2.26. The van der Waals surface area contributed by atoms with Gasteiger partial charge in [-0.05, 0) is 12.8 Å². The van der Waals surface area contributed by atoms with E-state index in [1.165, 1.54) is 77.0 Å². The first kappa shape index (κ1) is 20.5. The van der Waals surface area contributed by atoms with Gasteiger partial charge in [0.1, 0.15) is 6.10 Å². The zero-order valence-electron chi connectivity index (χ0n) is 15.2. The Morgan fingerprint density at radius 1 is 0.870 bits per heavy atom. The molecule has 1 fully saturated rings. The molecule has 1 aliphatic heterocycles. The van der Waals surface area contributed by atoms with Crippen molar-refractivity contribution in [3.8, 4) is 0 Å². The Labute approximate surface area is 143 Å². The van der Waals surface area contributed by atoms with Crippen molar-refractivity contribution in [1.82, 2.24) is 0 Å². The van der Waals surface area contributed by atoms with Crippen LogP contribution in [-0.4, -0.2) is 23.3 Å². The lowest BCUT2D eigenvalue weighted by Gasteiger charge is -2.25. The summed E-state index contributed by atoms with van der Waals surface area (Å²) in [5, 5.41) is 9.55. The third-order valence-corrected chi connectivity index (χ3v) is 4.87. The van der Waals surface area contributed by atoms with Gasteiger partial charge in [0, 0.05) is 6.42 Å². The molecule has 1 heterocycles. The fourth-order valence-corrected chi connectivity index (χ4v) is 3.43. The smallest absolute Gasteiger partial charge is 0.308 e. The van der Waals surface area contributed by atoms with E-state index in [4.69, 9.17) is 4.74 Å².